The molecule has 0 aromatic rings. The molecule has 0 aromatic heterocycles. The van der Waals surface area contributed by atoms with Crippen LogP contribution in [0.25, 0.3) is 0 Å². The molecule has 0 radical (unpaired) electrons. The highest BCUT2D eigenvalue weighted by Crippen LogP contribution is 2.20. The number of carbonyl (C=O) groups excluding carboxylic acids is 3. The van der Waals surface area contributed by atoms with E-state index in [0.717, 1.165) is 19.4 Å². The summed E-state index contributed by atoms with van der Waals surface area (Å²) in [6, 6.07) is 0. The van der Waals surface area contributed by atoms with Crippen LogP contribution in [0.2, 0.25) is 0 Å². The fraction of sp³-hybridized carbons (Fsp3) is 0.786. The summed E-state index contributed by atoms with van der Waals surface area (Å²) in [5.41, 5.74) is -0.620. The average Bonchev–Trinajstić information content (AvgIpc) is 2.30. The third-order valence-electron chi connectivity index (χ3n) is 3.68. The molecule has 0 bridgehead atoms. The Morgan fingerprint density at radius 1 is 1.32 bits per heavy atom. The molecule has 0 unspecified atom stereocenters. The normalized spacial score (nSPS) is 16.4. The number of hydrogen-bond acceptors (Lipinski definition) is 3. The van der Waals surface area contributed by atoms with Crippen molar-refractivity contribution in [2.75, 3.05) is 19.6 Å². The number of carbonyl (C=O) groups is 3. The second-order valence-corrected chi connectivity index (χ2v) is 5.80. The van der Waals surface area contributed by atoms with E-state index >= 15 is 0 Å². The first-order chi connectivity index (χ1) is 8.83. The van der Waals surface area contributed by atoms with Gasteiger partial charge in [-0.15, -0.1) is 0 Å². The Balaban J connectivity index is 2.27. The molecule has 0 saturated carbocycles. The monoisotopic (exact) mass is 268 g/mol. The average molecular weight is 268 g/mol. The quantitative estimate of drug-likeness (QED) is 0.785. The summed E-state index contributed by atoms with van der Waals surface area (Å²) >= 11 is 0. The third kappa shape index (κ3) is 5.01. The molecule has 1 rings (SSSR count). The molecule has 0 aliphatic carbocycles. The smallest absolute Gasteiger partial charge is 0.222 e. The van der Waals surface area contributed by atoms with Gasteiger partial charge in [-0.1, -0.05) is 13.8 Å². The summed E-state index contributed by atoms with van der Waals surface area (Å²) in [6.45, 7) is 6.84. The molecule has 1 N–H and O–H groups in total. The Labute approximate surface area is 114 Å². The van der Waals surface area contributed by atoms with Crippen molar-refractivity contribution in [1.29, 1.82) is 0 Å². The minimum absolute atomic E-state index is 0.00820. The molecular formula is C14H24N2O3. The molecular weight excluding hydrogens is 244 g/mol. The first kappa shape index (κ1) is 15.7. The zero-order chi connectivity index (χ0) is 14.5. The highest BCUT2D eigenvalue weighted by atomic mass is 16.2. The Bertz CT molecular complexity index is 364. The van der Waals surface area contributed by atoms with Gasteiger partial charge in [0.25, 0.3) is 0 Å². The van der Waals surface area contributed by atoms with Crippen LogP contribution in [-0.4, -0.2) is 42.1 Å². The second kappa shape index (κ2) is 6.68. The molecule has 1 fully saturated rings. The fourth-order valence-electron chi connectivity index (χ4n) is 2.02. The zero-order valence-electron chi connectivity index (χ0n) is 12.1. The maximum Gasteiger partial charge on any atom is 0.222 e. The van der Waals surface area contributed by atoms with E-state index in [0.29, 0.717) is 19.5 Å². The summed E-state index contributed by atoms with van der Waals surface area (Å²) in [5, 5.41) is 2.78. The fourth-order valence-corrected chi connectivity index (χ4v) is 2.02. The molecule has 0 atom stereocenters. The van der Waals surface area contributed by atoms with Crippen molar-refractivity contribution in [1.82, 2.24) is 10.2 Å². The van der Waals surface area contributed by atoms with Gasteiger partial charge in [-0.05, 0) is 19.8 Å². The summed E-state index contributed by atoms with van der Waals surface area (Å²) in [5.74, 6) is 0.0445. The standard InChI is InChI=1S/C14H24N2O3/c1-11(17)14(2,3)10-12(18)15-7-9-16-8-5-4-6-13(16)19/h4-10H2,1-3H3,(H,15,18). The van der Waals surface area contributed by atoms with Crippen molar-refractivity contribution in [3.8, 4) is 0 Å². The van der Waals surface area contributed by atoms with Crippen LogP contribution in [0.15, 0.2) is 0 Å². The minimum atomic E-state index is -0.620. The van der Waals surface area contributed by atoms with Crippen molar-refractivity contribution in [3.05, 3.63) is 0 Å². The lowest BCUT2D eigenvalue weighted by atomic mass is 9.85. The van der Waals surface area contributed by atoms with Gasteiger partial charge in [-0.3, -0.25) is 14.4 Å². The van der Waals surface area contributed by atoms with E-state index in [-0.39, 0.29) is 24.0 Å². The number of amides is 2. The van der Waals surface area contributed by atoms with Crippen molar-refractivity contribution in [3.63, 3.8) is 0 Å². The van der Waals surface area contributed by atoms with Crippen molar-refractivity contribution in [2.45, 2.75) is 46.5 Å². The van der Waals surface area contributed by atoms with Gasteiger partial charge in [0.15, 0.2) is 0 Å². The predicted molar refractivity (Wildman–Crippen MR) is 72.5 cm³/mol. The first-order valence-corrected chi connectivity index (χ1v) is 6.88. The van der Waals surface area contributed by atoms with E-state index in [1.165, 1.54) is 6.92 Å². The lowest BCUT2D eigenvalue weighted by Gasteiger charge is -2.27. The number of piperidine rings is 1. The van der Waals surface area contributed by atoms with E-state index in [1.807, 2.05) is 0 Å². The summed E-state index contributed by atoms with van der Waals surface area (Å²) in [6.07, 6.45) is 2.81. The Hall–Kier alpha value is -1.39. The van der Waals surface area contributed by atoms with Crippen LogP contribution in [0.4, 0.5) is 0 Å². The molecule has 1 saturated heterocycles. The van der Waals surface area contributed by atoms with Crippen LogP contribution in [0.5, 0.6) is 0 Å². The van der Waals surface area contributed by atoms with Gasteiger partial charge in [0, 0.05) is 37.9 Å². The maximum atomic E-state index is 11.7. The van der Waals surface area contributed by atoms with Crippen LogP contribution in [0.1, 0.15) is 46.5 Å². The van der Waals surface area contributed by atoms with Gasteiger partial charge in [0.05, 0.1) is 0 Å². The van der Waals surface area contributed by atoms with Crippen LogP contribution >= 0.6 is 0 Å². The molecule has 2 amide bonds. The largest absolute Gasteiger partial charge is 0.354 e. The number of hydrogen-bond donors (Lipinski definition) is 1. The van der Waals surface area contributed by atoms with Crippen molar-refractivity contribution < 1.29 is 14.4 Å². The number of rotatable bonds is 6. The van der Waals surface area contributed by atoms with Gasteiger partial charge >= 0.3 is 0 Å². The van der Waals surface area contributed by atoms with Gasteiger partial charge in [0.1, 0.15) is 5.78 Å². The number of nitrogens with zero attached hydrogens (tertiary/aromatic N) is 1. The van der Waals surface area contributed by atoms with Crippen LogP contribution in [-0.2, 0) is 14.4 Å². The highest BCUT2D eigenvalue weighted by molar-refractivity contribution is 5.88. The predicted octanol–water partition coefficient (Wildman–Crippen LogP) is 1.12. The molecule has 108 valence electrons. The van der Waals surface area contributed by atoms with Crippen LogP contribution < -0.4 is 5.32 Å². The summed E-state index contributed by atoms with van der Waals surface area (Å²) in [4.78, 5) is 36.4. The minimum Gasteiger partial charge on any atom is -0.354 e. The van der Waals surface area contributed by atoms with Gasteiger partial charge in [0.2, 0.25) is 11.8 Å². The van der Waals surface area contributed by atoms with E-state index in [9.17, 15) is 14.4 Å². The van der Waals surface area contributed by atoms with E-state index in [4.69, 9.17) is 0 Å². The zero-order valence-corrected chi connectivity index (χ0v) is 12.1. The third-order valence-corrected chi connectivity index (χ3v) is 3.68. The van der Waals surface area contributed by atoms with Crippen molar-refractivity contribution in [2.24, 2.45) is 5.41 Å². The highest BCUT2D eigenvalue weighted by Gasteiger charge is 2.27. The Morgan fingerprint density at radius 3 is 2.58 bits per heavy atom. The Kier molecular flexibility index (Phi) is 5.51. The molecule has 0 aromatic carbocycles. The van der Waals surface area contributed by atoms with E-state index < -0.39 is 5.41 Å². The molecule has 1 aliphatic heterocycles. The van der Waals surface area contributed by atoms with Gasteiger partial charge in [-0.2, -0.15) is 0 Å². The van der Waals surface area contributed by atoms with E-state index in [2.05, 4.69) is 5.32 Å². The summed E-state index contributed by atoms with van der Waals surface area (Å²) < 4.78 is 0. The summed E-state index contributed by atoms with van der Waals surface area (Å²) in [7, 11) is 0. The van der Waals surface area contributed by atoms with Crippen LogP contribution in [0, 0.1) is 5.41 Å². The number of likely N-dealkylation sites (tertiary alicyclic amines) is 1. The molecule has 1 heterocycles. The molecule has 1 aliphatic rings. The lowest BCUT2D eigenvalue weighted by molar-refractivity contribution is -0.134. The van der Waals surface area contributed by atoms with Crippen LogP contribution in [0.3, 0.4) is 0 Å². The molecule has 5 nitrogen and oxygen atoms in total. The first-order valence-electron chi connectivity index (χ1n) is 6.88. The van der Waals surface area contributed by atoms with E-state index in [1.54, 1.807) is 18.7 Å². The van der Waals surface area contributed by atoms with Crippen molar-refractivity contribution >= 4 is 17.6 Å². The second-order valence-electron chi connectivity index (χ2n) is 5.80. The number of nitrogens with one attached hydrogen (secondary N) is 1. The topological polar surface area (TPSA) is 66.5 Å². The lowest BCUT2D eigenvalue weighted by Crippen LogP contribution is -2.42. The number of ketones is 1. The molecule has 0 spiro atoms. The Morgan fingerprint density at radius 2 is 2.00 bits per heavy atom. The molecule has 5 heteroatoms. The SMILES string of the molecule is CC(=O)C(C)(C)CC(=O)NCCN1CCCCC1=O. The maximum absolute atomic E-state index is 11.7. The van der Waals surface area contributed by atoms with Gasteiger partial charge in [-0.25, -0.2) is 0 Å². The molecule has 19 heavy (non-hydrogen) atoms. The number of Topliss-reactive ketones (excluding diaryl/α,β-unsaturated/α-hetero) is 1. The van der Waals surface area contributed by atoms with Gasteiger partial charge < -0.3 is 10.2 Å².